The number of rotatable bonds is 3. The second kappa shape index (κ2) is 5.45. The molecule has 0 aliphatic carbocycles. The second-order valence-electron chi connectivity index (χ2n) is 5.88. The summed E-state index contributed by atoms with van der Waals surface area (Å²) >= 11 is 0. The molecule has 5 nitrogen and oxygen atoms in total. The molecule has 106 valence electrons. The molecule has 6 heteroatoms. The van der Waals surface area contributed by atoms with Crippen LogP contribution in [0, 0.1) is 5.41 Å². The molecule has 2 fully saturated rings. The Morgan fingerprint density at radius 2 is 1.50 bits per heavy atom. The van der Waals surface area contributed by atoms with Crippen molar-refractivity contribution in [3.05, 3.63) is 0 Å². The van der Waals surface area contributed by atoms with Gasteiger partial charge in [-0.05, 0) is 37.6 Å². The van der Waals surface area contributed by atoms with Crippen LogP contribution in [0.25, 0.3) is 0 Å². The summed E-state index contributed by atoms with van der Waals surface area (Å²) in [5.74, 6) is 0. The van der Waals surface area contributed by atoms with Gasteiger partial charge in [-0.3, -0.25) is 0 Å². The molecule has 2 aliphatic heterocycles. The van der Waals surface area contributed by atoms with Crippen molar-refractivity contribution >= 4 is 10.2 Å². The Bertz CT molecular complexity index is 369. The van der Waals surface area contributed by atoms with Gasteiger partial charge in [-0.1, -0.05) is 13.3 Å². The third-order valence-corrected chi connectivity index (χ3v) is 6.43. The zero-order chi connectivity index (χ0) is 13.2. The predicted octanol–water partition coefficient (Wildman–Crippen LogP) is 0.778. The van der Waals surface area contributed by atoms with Crippen LogP contribution in [0.2, 0.25) is 0 Å². The third kappa shape index (κ3) is 2.87. The summed E-state index contributed by atoms with van der Waals surface area (Å²) in [6, 6.07) is 0. The van der Waals surface area contributed by atoms with E-state index in [1.807, 2.05) is 0 Å². The van der Waals surface area contributed by atoms with Gasteiger partial charge in [0.1, 0.15) is 0 Å². The minimum Gasteiger partial charge on any atom is -0.330 e. The lowest BCUT2D eigenvalue weighted by atomic mass is 9.81. The molecule has 0 spiro atoms. The van der Waals surface area contributed by atoms with Crippen LogP contribution >= 0.6 is 0 Å². The highest BCUT2D eigenvalue weighted by molar-refractivity contribution is 7.86. The summed E-state index contributed by atoms with van der Waals surface area (Å²) in [5, 5.41) is 0. The highest BCUT2D eigenvalue weighted by Crippen LogP contribution is 2.31. The molecule has 0 bridgehead atoms. The van der Waals surface area contributed by atoms with Crippen LogP contribution in [0.15, 0.2) is 0 Å². The van der Waals surface area contributed by atoms with Gasteiger partial charge in [0.2, 0.25) is 0 Å². The zero-order valence-corrected chi connectivity index (χ0v) is 12.1. The first-order valence-electron chi connectivity index (χ1n) is 6.93. The maximum atomic E-state index is 12.5. The average Bonchev–Trinajstić information content (AvgIpc) is 2.40. The van der Waals surface area contributed by atoms with E-state index in [-0.39, 0.29) is 5.41 Å². The van der Waals surface area contributed by atoms with Gasteiger partial charge in [0.25, 0.3) is 10.2 Å². The first-order valence-corrected chi connectivity index (χ1v) is 8.33. The van der Waals surface area contributed by atoms with E-state index in [1.165, 1.54) is 0 Å². The van der Waals surface area contributed by atoms with Crippen molar-refractivity contribution in [1.29, 1.82) is 0 Å². The Hall–Kier alpha value is -0.170. The lowest BCUT2D eigenvalue weighted by molar-refractivity contribution is 0.173. The summed E-state index contributed by atoms with van der Waals surface area (Å²) in [6.45, 7) is 5.40. The van der Waals surface area contributed by atoms with Gasteiger partial charge in [0.05, 0.1) is 0 Å². The number of nitrogens with two attached hydrogens (primary N) is 1. The maximum absolute atomic E-state index is 12.5. The molecule has 0 radical (unpaired) electrons. The fraction of sp³-hybridized carbons (Fsp3) is 1.00. The number of hydrogen-bond acceptors (Lipinski definition) is 3. The van der Waals surface area contributed by atoms with E-state index in [4.69, 9.17) is 5.73 Å². The van der Waals surface area contributed by atoms with Gasteiger partial charge in [0, 0.05) is 26.2 Å². The predicted molar refractivity (Wildman–Crippen MR) is 72.3 cm³/mol. The molecule has 0 aromatic heterocycles. The molecule has 2 N–H and O–H groups in total. The third-order valence-electron chi connectivity index (χ3n) is 4.39. The molecule has 0 atom stereocenters. The summed E-state index contributed by atoms with van der Waals surface area (Å²) in [4.78, 5) is 0. The zero-order valence-electron chi connectivity index (χ0n) is 11.3. The summed E-state index contributed by atoms with van der Waals surface area (Å²) in [7, 11) is -3.22. The summed E-state index contributed by atoms with van der Waals surface area (Å²) in [6.07, 6.45) is 4.88. The van der Waals surface area contributed by atoms with Crippen molar-refractivity contribution in [1.82, 2.24) is 8.61 Å². The number of piperidine rings is 2. The lowest BCUT2D eigenvalue weighted by Crippen LogP contribution is -2.51. The SMILES string of the molecule is CC1(CN)CCN(S(=O)(=O)N2CCCCC2)CC1. The molecule has 2 heterocycles. The normalized spacial score (nSPS) is 27.2. The number of nitrogens with zero attached hydrogens (tertiary/aromatic N) is 2. The Morgan fingerprint density at radius 1 is 1.00 bits per heavy atom. The molecular weight excluding hydrogens is 250 g/mol. The molecule has 0 saturated carbocycles. The highest BCUT2D eigenvalue weighted by atomic mass is 32.2. The molecule has 0 aromatic rings. The fourth-order valence-corrected chi connectivity index (χ4v) is 4.41. The van der Waals surface area contributed by atoms with Crippen molar-refractivity contribution in [3.63, 3.8) is 0 Å². The minimum absolute atomic E-state index is 0.119. The topological polar surface area (TPSA) is 66.6 Å². The molecular formula is C12H25N3O2S. The molecule has 0 amide bonds. The van der Waals surface area contributed by atoms with Crippen LogP contribution in [0.1, 0.15) is 39.0 Å². The van der Waals surface area contributed by atoms with Crippen LogP contribution < -0.4 is 5.73 Å². The molecule has 2 saturated heterocycles. The largest absolute Gasteiger partial charge is 0.330 e. The van der Waals surface area contributed by atoms with Crippen LogP contribution in [-0.4, -0.2) is 49.8 Å². The van der Waals surface area contributed by atoms with Gasteiger partial charge in [0.15, 0.2) is 0 Å². The Labute approximate surface area is 110 Å². The van der Waals surface area contributed by atoms with E-state index in [2.05, 4.69) is 6.92 Å². The van der Waals surface area contributed by atoms with E-state index in [1.54, 1.807) is 8.61 Å². The lowest BCUT2D eigenvalue weighted by Gasteiger charge is -2.40. The van der Waals surface area contributed by atoms with Crippen LogP contribution in [-0.2, 0) is 10.2 Å². The smallest absolute Gasteiger partial charge is 0.281 e. The second-order valence-corrected chi connectivity index (χ2v) is 7.81. The summed E-state index contributed by atoms with van der Waals surface area (Å²) in [5.41, 5.74) is 5.88. The van der Waals surface area contributed by atoms with Crippen molar-refractivity contribution in [3.8, 4) is 0 Å². The summed E-state index contributed by atoms with van der Waals surface area (Å²) < 4.78 is 28.2. The average molecular weight is 275 g/mol. The first-order chi connectivity index (χ1) is 8.48. The van der Waals surface area contributed by atoms with E-state index in [0.29, 0.717) is 32.7 Å². The van der Waals surface area contributed by atoms with Gasteiger partial charge >= 0.3 is 0 Å². The Morgan fingerprint density at radius 3 is 2.00 bits per heavy atom. The van der Waals surface area contributed by atoms with E-state index in [0.717, 1.165) is 32.1 Å². The van der Waals surface area contributed by atoms with Crippen molar-refractivity contribution in [2.75, 3.05) is 32.7 Å². The van der Waals surface area contributed by atoms with Crippen molar-refractivity contribution < 1.29 is 8.42 Å². The fourth-order valence-electron chi connectivity index (χ4n) is 2.72. The van der Waals surface area contributed by atoms with Crippen molar-refractivity contribution in [2.45, 2.75) is 39.0 Å². The first kappa shape index (κ1) is 14.2. The molecule has 2 rings (SSSR count). The van der Waals surface area contributed by atoms with E-state index in [9.17, 15) is 8.42 Å². The van der Waals surface area contributed by atoms with Crippen LogP contribution in [0.4, 0.5) is 0 Å². The van der Waals surface area contributed by atoms with Gasteiger partial charge in [-0.2, -0.15) is 17.0 Å². The van der Waals surface area contributed by atoms with Crippen LogP contribution in [0.3, 0.4) is 0 Å². The highest BCUT2D eigenvalue weighted by Gasteiger charge is 2.36. The van der Waals surface area contributed by atoms with Crippen molar-refractivity contribution in [2.24, 2.45) is 11.1 Å². The minimum atomic E-state index is -3.22. The monoisotopic (exact) mass is 275 g/mol. The molecule has 0 unspecified atom stereocenters. The Kier molecular flexibility index (Phi) is 4.31. The standard InChI is InChI=1S/C12H25N3O2S/c1-12(11-13)5-9-15(10-6-12)18(16,17)14-7-3-2-4-8-14/h2-11,13H2,1H3. The molecule has 18 heavy (non-hydrogen) atoms. The van der Waals surface area contributed by atoms with Gasteiger partial charge in [-0.15, -0.1) is 0 Å². The molecule has 0 aromatic carbocycles. The van der Waals surface area contributed by atoms with Crippen LogP contribution in [0.5, 0.6) is 0 Å². The van der Waals surface area contributed by atoms with Gasteiger partial charge < -0.3 is 5.73 Å². The quantitative estimate of drug-likeness (QED) is 0.827. The Balaban J connectivity index is 1.99. The number of hydrogen-bond donors (Lipinski definition) is 1. The van der Waals surface area contributed by atoms with Gasteiger partial charge in [-0.25, -0.2) is 0 Å². The van der Waals surface area contributed by atoms with E-state index < -0.39 is 10.2 Å². The van der Waals surface area contributed by atoms with E-state index >= 15 is 0 Å². The molecule has 2 aliphatic rings. The maximum Gasteiger partial charge on any atom is 0.281 e.